The zero-order valence-electron chi connectivity index (χ0n) is 18.8. The van der Waals surface area contributed by atoms with Crippen LogP contribution in [0.15, 0.2) is 59.7 Å². The quantitative estimate of drug-likeness (QED) is 0.467. The first-order valence-electron chi connectivity index (χ1n) is 10.2. The Bertz CT molecular complexity index is 1390. The van der Waals surface area contributed by atoms with Crippen molar-refractivity contribution in [1.82, 2.24) is 14.3 Å². The number of hydrogen-bond donors (Lipinski definition) is 1. The first kappa shape index (κ1) is 21.9. The maximum absolute atomic E-state index is 13.0. The number of ether oxygens (including phenoxy) is 3. The Balaban J connectivity index is 1.65. The Kier molecular flexibility index (Phi) is 6.03. The first-order chi connectivity index (χ1) is 16.0. The molecular formula is C24H24N4O5. The molecule has 0 aliphatic rings. The van der Waals surface area contributed by atoms with E-state index in [9.17, 15) is 9.59 Å². The van der Waals surface area contributed by atoms with Crippen molar-refractivity contribution < 1.29 is 19.0 Å². The molecule has 4 rings (SSSR count). The number of methoxy groups -OCH3 is 3. The Morgan fingerprint density at radius 2 is 1.76 bits per heavy atom. The molecule has 170 valence electrons. The molecule has 9 heteroatoms. The average molecular weight is 448 g/mol. The molecule has 2 heterocycles. The summed E-state index contributed by atoms with van der Waals surface area (Å²) in [5, 5.41) is 7.60. The van der Waals surface area contributed by atoms with Crippen LogP contribution in [0.2, 0.25) is 0 Å². The fourth-order valence-electron chi connectivity index (χ4n) is 3.80. The number of carbonyl (C=O) groups excluding carboxylic acids is 1. The summed E-state index contributed by atoms with van der Waals surface area (Å²) in [6, 6.07) is 12.5. The fraction of sp³-hybridized carbons (Fsp3) is 0.208. The molecule has 0 unspecified atom stereocenters. The highest BCUT2D eigenvalue weighted by atomic mass is 16.5. The van der Waals surface area contributed by atoms with Gasteiger partial charge in [-0.25, -0.2) is 4.68 Å². The van der Waals surface area contributed by atoms with Crippen molar-refractivity contribution in [3.05, 3.63) is 76.2 Å². The molecule has 33 heavy (non-hydrogen) atoms. The molecule has 2 aromatic carbocycles. The van der Waals surface area contributed by atoms with E-state index in [-0.39, 0.29) is 11.0 Å². The van der Waals surface area contributed by atoms with Gasteiger partial charge in [-0.2, -0.15) is 5.10 Å². The van der Waals surface area contributed by atoms with Crippen molar-refractivity contribution >= 4 is 22.6 Å². The van der Waals surface area contributed by atoms with Crippen molar-refractivity contribution in [2.24, 2.45) is 7.05 Å². The average Bonchev–Trinajstić information content (AvgIpc) is 3.27. The standard InChI is InChI=1S/C24H24N4O5/c1-27-14-17(21(29)16-7-5-6-8-18(16)27)24(30)26-20-11-12-25-28(20)13-15-9-10-19(31-2)23(33-4)22(15)32-3/h5-12,14H,13H2,1-4H3,(H,26,30). The number of rotatable bonds is 7. The third-order valence-corrected chi connectivity index (χ3v) is 5.40. The molecule has 1 N–H and O–H groups in total. The second-order valence-electron chi connectivity index (χ2n) is 7.32. The summed E-state index contributed by atoms with van der Waals surface area (Å²) < 4.78 is 19.7. The summed E-state index contributed by atoms with van der Waals surface area (Å²) >= 11 is 0. The van der Waals surface area contributed by atoms with Gasteiger partial charge in [0.2, 0.25) is 11.2 Å². The lowest BCUT2D eigenvalue weighted by Crippen LogP contribution is -2.24. The van der Waals surface area contributed by atoms with Gasteiger partial charge in [0, 0.05) is 30.3 Å². The summed E-state index contributed by atoms with van der Waals surface area (Å²) in [6.45, 7) is 0.294. The van der Waals surface area contributed by atoms with Crippen LogP contribution in [-0.4, -0.2) is 41.6 Å². The van der Waals surface area contributed by atoms with E-state index in [4.69, 9.17) is 14.2 Å². The minimum Gasteiger partial charge on any atom is -0.493 e. The number of benzene rings is 2. The molecule has 0 radical (unpaired) electrons. The van der Waals surface area contributed by atoms with Crippen molar-refractivity contribution in [2.45, 2.75) is 6.54 Å². The number of aryl methyl sites for hydroxylation is 1. The lowest BCUT2D eigenvalue weighted by molar-refractivity contribution is 0.102. The number of pyridine rings is 1. The predicted molar refractivity (Wildman–Crippen MR) is 125 cm³/mol. The fourth-order valence-corrected chi connectivity index (χ4v) is 3.80. The second-order valence-corrected chi connectivity index (χ2v) is 7.32. The highest BCUT2D eigenvalue weighted by molar-refractivity contribution is 6.05. The number of para-hydroxylation sites is 1. The van der Waals surface area contributed by atoms with Crippen molar-refractivity contribution in [2.75, 3.05) is 26.6 Å². The maximum atomic E-state index is 13.0. The van der Waals surface area contributed by atoms with Crippen LogP contribution in [0.25, 0.3) is 10.9 Å². The lowest BCUT2D eigenvalue weighted by Gasteiger charge is -2.16. The van der Waals surface area contributed by atoms with Gasteiger partial charge in [-0.1, -0.05) is 12.1 Å². The number of nitrogens with zero attached hydrogens (tertiary/aromatic N) is 3. The summed E-state index contributed by atoms with van der Waals surface area (Å²) in [7, 11) is 6.43. The zero-order chi connectivity index (χ0) is 23.5. The molecule has 9 nitrogen and oxygen atoms in total. The van der Waals surface area contributed by atoms with Gasteiger partial charge in [-0.05, 0) is 24.3 Å². The number of fused-ring (bicyclic) bond motifs is 1. The van der Waals surface area contributed by atoms with E-state index in [2.05, 4.69) is 10.4 Å². The second kappa shape index (κ2) is 9.07. The number of aromatic nitrogens is 3. The minimum absolute atomic E-state index is 0.0487. The van der Waals surface area contributed by atoms with Crippen LogP contribution in [-0.2, 0) is 13.6 Å². The molecule has 0 aliphatic carbocycles. The Morgan fingerprint density at radius 3 is 2.48 bits per heavy atom. The van der Waals surface area contributed by atoms with Gasteiger partial charge in [0.15, 0.2) is 11.5 Å². The first-order valence-corrected chi connectivity index (χ1v) is 10.2. The molecule has 1 amide bonds. The van der Waals surface area contributed by atoms with Crippen LogP contribution < -0.4 is 25.0 Å². The zero-order valence-corrected chi connectivity index (χ0v) is 18.8. The molecule has 2 aromatic heterocycles. The van der Waals surface area contributed by atoms with E-state index >= 15 is 0 Å². The molecule has 0 spiro atoms. The topological polar surface area (TPSA) is 96.6 Å². The van der Waals surface area contributed by atoms with Gasteiger partial charge in [0.1, 0.15) is 11.4 Å². The van der Waals surface area contributed by atoms with Crippen LogP contribution in [0.3, 0.4) is 0 Å². The third-order valence-electron chi connectivity index (χ3n) is 5.40. The highest BCUT2D eigenvalue weighted by Crippen LogP contribution is 2.40. The predicted octanol–water partition coefficient (Wildman–Crippen LogP) is 3.06. The van der Waals surface area contributed by atoms with E-state index in [1.165, 1.54) is 13.3 Å². The Hall–Kier alpha value is -4.27. The number of amides is 1. The molecule has 0 fully saturated rings. The molecule has 0 saturated carbocycles. The summed E-state index contributed by atoms with van der Waals surface area (Å²) in [4.78, 5) is 25.9. The van der Waals surface area contributed by atoms with Gasteiger partial charge in [0.05, 0.1) is 39.6 Å². The van der Waals surface area contributed by atoms with Crippen LogP contribution in [0, 0.1) is 0 Å². The Labute approximate surface area is 190 Å². The molecule has 0 saturated heterocycles. The minimum atomic E-state index is -0.512. The van der Waals surface area contributed by atoms with Gasteiger partial charge in [-0.15, -0.1) is 0 Å². The van der Waals surface area contributed by atoms with Crippen molar-refractivity contribution in [3.63, 3.8) is 0 Å². The smallest absolute Gasteiger partial charge is 0.262 e. The van der Waals surface area contributed by atoms with E-state index in [1.807, 2.05) is 18.2 Å². The number of hydrogen-bond acceptors (Lipinski definition) is 6. The van der Waals surface area contributed by atoms with Crippen LogP contribution in [0.5, 0.6) is 17.2 Å². The molecule has 4 aromatic rings. The van der Waals surface area contributed by atoms with Gasteiger partial charge in [-0.3, -0.25) is 9.59 Å². The molecule has 0 bridgehead atoms. The molecule has 0 atom stereocenters. The van der Waals surface area contributed by atoms with E-state index in [0.717, 1.165) is 11.1 Å². The van der Waals surface area contributed by atoms with Crippen LogP contribution in [0.1, 0.15) is 15.9 Å². The monoisotopic (exact) mass is 448 g/mol. The molecular weight excluding hydrogens is 424 g/mol. The van der Waals surface area contributed by atoms with Crippen molar-refractivity contribution in [3.8, 4) is 17.2 Å². The van der Waals surface area contributed by atoms with Gasteiger partial charge in [0.25, 0.3) is 5.91 Å². The van der Waals surface area contributed by atoms with Gasteiger partial charge >= 0.3 is 0 Å². The number of carbonyl (C=O) groups is 1. The van der Waals surface area contributed by atoms with Crippen molar-refractivity contribution in [1.29, 1.82) is 0 Å². The maximum Gasteiger partial charge on any atom is 0.262 e. The largest absolute Gasteiger partial charge is 0.493 e. The highest BCUT2D eigenvalue weighted by Gasteiger charge is 2.19. The van der Waals surface area contributed by atoms with E-state index < -0.39 is 5.91 Å². The summed E-state index contributed by atoms with van der Waals surface area (Å²) in [5.41, 5.74) is 1.25. The van der Waals surface area contributed by atoms with Crippen LogP contribution >= 0.6 is 0 Å². The van der Waals surface area contributed by atoms with E-state index in [1.54, 1.807) is 61.0 Å². The van der Waals surface area contributed by atoms with Crippen LogP contribution in [0.4, 0.5) is 5.82 Å². The van der Waals surface area contributed by atoms with Gasteiger partial charge < -0.3 is 24.1 Å². The SMILES string of the molecule is COc1ccc(Cn2nccc2NC(=O)c2cn(C)c3ccccc3c2=O)c(OC)c1OC. The lowest BCUT2D eigenvalue weighted by atomic mass is 10.1. The number of nitrogens with one attached hydrogen (secondary N) is 1. The summed E-state index contributed by atoms with van der Waals surface area (Å²) in [6.07, 6.45) is 3.11. The normalized spacial score (nSPS) is 10.8. The summed E-state index contributed by atoms with van der Waals surface area (Å²) in [5.74, 6) is 1.44. The Morgan fingerprint density at radius 1 is 1.00 bits per heavy atom. The van der Waals surface area contributed by atoms with E-state index in [0.29, 0.717) is 35.0 Å². The number of anilines is 1. The molecule has 0 aliphatic heterocycles. The third kappa shape index (κ3) is 4.00.